The third-order valence-corrected chi connectivity index (χ3v) is 6.82. The van der Waals surface area contributed by atoms with Crippen molar-refractivity contribution in [1.29, 1.82) is 0 Å². The standard InChI is InChI=1S/C22H28N4OS/c1-13-9-14(2)18-11-15(3)21-23-24-22(26(21)19(18)10-13)28-12-20(27)25-16(4)7-6-8-17(25)5/h9-11,16-17H,6-8,12H2,1-5H3/t16-,17-/m1/s1. The topological polar surface area (TPSA) is 50.5 Å². The van der Waals surface area contributed by atoms with E-state index in [4.69, 9.17) is 0 Å². The maximum Gasteiger partial charge on any atom is 0.233 e. The van der Waals surface area contributed by atoms with Crippen LogP contribution >= 0.6 is 11.8 Å². The lowest BCUT2D eigenvalue weighted by Crippen LogP contribution is -2.48. The van der Waals surface area contributed by atoms with Gasteiger partial charge in [0.05, 0.1) is 11.3 Å². The molecule has 1 fully saturated rings. The zero-order chi connectivity index (χ0) is 20.0. The van der Waals surface area contributed by atoms with Crippen molar-refractivity contribution in [2.24, 2.45) is 0 Å². The number of hydrogen-bond acceptors (Lipinski definition) is 4. The highest BCUT2D eigenvalue weighted by atomic mass is 32.2. The van der Waals surface area contributed by atoms with Gasteiger partial charge in [0.25, 0.3) is 0 Å². The highest BCUT2D eigenvalue weighted by molar-refractivity contribution is 7.99. The van der Waals surface area contributed by atoms with Crippen LogP contribution in [0.25, 0.3) is 16.6 Å². The van der Waals surface area contributed by atoms with Gasteiger partial charge in [0, 0.05) is 17.5 Å². The number of aryl methyl sites for hydroxylation is 3. The molecule has 3 heterocycles. The molecule has 5 nitrogen and oxygen atoms in total. The van der Waals surface area contributed by atoms with Crippen molar-refractivity contribution < 1.29 is 4.79 Å². The summed E-state index contributed by atoms with van der Waals surface area (Å²) in [5.74, 6) is 0.598. The Morgan fingerprint density at radius 1 is 1.07 bits per heavy atom. The molecule has 3 aromatic rings. The van der Waals surface area contributed by atoms with Crippen LogP contribution in [0, 0.1) is 20.8 Å². The number of piperidine rings is 1. The maximum absolute atomic E-state index is 12.9. The number of likely N-dealkylation sites (tertiary alicyclic amines) is 1. The van der Waals surface area contributed by atoms with E-state index < -0.39 is 0 Å². The fourth-order valence-corrected chi connectivity index (χ4v) is 5.37. The summed E-state index contributed by atoms with van der Waals surface area (Å²) in [6, 6.07) is 7.21. The van der Waals surface area contributed by atoms with E-state index in [1.54, 1.807) is 0 Å². The van der Waals surface area contributed by atoms with Crippen LogP contribution in [0.15, 0.2) is 23.4 Å². The number of amides is 1. The number of carbonyl (C=O) groups excluding carboxylic acids is 1. The van der Waals surface area contributed by atoms with Crippen LogP contribution in [0.1, 0.15) is 49.8 Å². The normalized spacial score (nSPS) is 20.2. The van der Waals surface area contributed by atoms with Crippen molar-refractivity contribution in [1.82, 2.24) is 19.5 Å². The van der Waals surface area contributed by atoms with Crippen molar-refractivity contribution >= 4 is 34.2 Å². The highest BCUT2D eigenvalue weighted by Gasteiger charge is 2.29. The van der Waals surface area contributed by atoms with Gasteiger partial charge in [-0.1, -0.05) is 17.8 Å². The van der Waals surface area contributed by atoms with Crippen LogP contribution in [0.3, 0.4) is 0 Å². The summed E-state index contributed by atoms with van der Waals surface area (Å²) in [6.45, 7) is 10.6. The summed E-state index contributed by atoms with van der Waals surface area (Å²) in [7, 11) is 0. The molecule has 1 aliphatic heterocycles. The Morgan fingerprint density at radius 3 is 2.50 bits per heavy atom. The Balaban J connectivity index is 1.69. The summed E-state index contributed by atoms with van der Waals surface area (Å²) in [5, 5.41) is 10.8. The van der Waals surface area contributed by atoms with Crippen LogP contribution in [0.5, 0.6) is 0 Å². The second-order valence-electron chi connectivity index (χ2n) is 8.20. The first-order valence-corrected chi connectivity index (χ1v) is 11.0. The SMILES string of the molecule is Cc1cc(C)c2cc(C)c3nnc(SCC(=O)N4[C@H](C)CCC[C@H]4C)n3c2c1. The molecule has 0 spiro atoms. The van der Waals surface area contributed by atoms with Gasteiger partial charge in [-0.25, -0.2) is 0 Å². The van der Waals surface area contributed by atoms with Crippen LogP contribution in [0.2, 0.25) is 0 Å². The molecule has 2 aromatic heterocycles. The molecular weight excluding hydrogens is 368 g/mol. The predicted molar refractivity (Wildman–Crippen MR) is 115 cm³/mol. The minimum Gasteiger partial charge on any atom is -0.337 e. The molecule has 0 unspecified atom stereocenters. The summed E-state index contributed by atoms with van der Waals surface area (Å²) >= 11 is 1.50. The van der Waals surface area contributed by atoms with E-state index in [0.717, 1.165) is 34.7 Å². The monoisotopic (exact) mass is 396 g/mol. The molecule has 0 N–H and O–H groups in total. The first kappa shape index (κ1) is 19.2. The van der Waals surface area contributed by atoms with Crippen molar-refractivity contribution in [3.05, 3.63) is 34.9 Å². The molecule has 0 saturated carbocycles. The minimum absolute atomic E-state index is 0.200. The van der Waals surface area contributed by atoms with Crippen molar-refractivity contribution in [2.45, 2.75) is 71.1 Å². The molecule has 148 valence electrons. The average molecular weight is 397 g/mol. The number of aromatic nitrogens is 3. The fourth-order valence-electron chi connectivity index (χ4n) is 4.56. The molecule has 2 atom stereocenters. The fraction of sp³-hybridized carbons (Fsp3) is 0.500. The van der Waals surface area contributed by atoms with Gasteiger partial charge in [0.2, 0.25) is 5.91 Å². The number of fused-ring (bicyclic) bond motifs is 3. The van der Waals surface area contributed by atoms with E-state index in [-0.39, 0.29) is 5.91 Å². The molecule has 0 radical (unpaired) electrons. The summed E-state index contributed by atoms with van der Waals surface area (Å²) in [4.78, 5) is 15.0. The predicted octanol–water partition coefficient (Wildman–Crippen LogP) is 4.69. The van der Waals surface area contributed by atoms with Crippen LogP contribution in [0.4, 0.5) is 0 Å². The van der Waals surface area contributed by atoms with Gasteiger partial charge < -0.3 is 4.90 Å². The lowest BCUT2D eigenvalue weighted by atomic mass is 9.98. The largest absolute Gasteiger partial charge is 0.337 e. The van der Waals surface area contributed by atoms with E-state index in [9.17, 15) is 4.79 Å². The number of nitrogens with zero attached hydrogens (tertiary/aromatic N) is 4. The number of pyridine rings is 1. The molecule has 0 bridgehead atoms. The zero-order valence-electron chi connectivity index (χ0n) is 17.3. The Kier molecular flexibility index (Phi) is 5.08. The Hall–Kier alpha value is -2.08. The molecule has 1 saturated heterocycles. The third kappa shape index (κ3) is 3.28. The van der Waals surface area contributed by atoms with E-state index >= 15 is 0 Å². The number of benzene rings is 1. The molecule has 6 heteroatoms. The first-order chi connectivity index (χ1) is 13.4. The third-order valence-electron chi connectivity index (χ3n) is 5.90. The van der Waals surface area contributed by atoms with E-state index in [1.807, 2.05) is 0 Å². The smallest absolute Gasteiger partial charge is 0.233 e. The van der Waals surface area contributed by atoms with Gasteiger partial charge in [-0.2, -0.15) is 0 Å². The number of thioether (sulfide) groups is 1. The van der Waals surface area contributed by atoms with Gasteiger partial charge in [0.15, 0.2) is 10.8 Å². The van der Waals surface area contributed by atoms with Crippen LogP contribution < -0.4 is 0 Å². The van der Waals surface area contributed by atoms with E-state index in [1.165, 1.54) is 34.7 Å². The van der Waals surface area contributed by atoms with Gasteiger partial charge in [-0.15, -0.1) is 10.2 Å². The van der Waals surface area contributed by atoms with Crippen molar-refractivity contribution in [3.63, 3.8) is 0 Å². The van der Waals surface area contributed by atoms with E-state index in [0.29, 0.717) is 17.8 Å². The lowest BCUT2D eigenvalue weighted by Gasteiger charge is -2.39. The van der Waals surface area contributed by atoms with Gasteiger partial charge in [-0.05, 0) is 82.7 Å². The van der Waals surface area contributed by atoms with Gasteiger partial charge >= 0.3 is 0 Å². The first-order valence-electron chi connectivity index (χ1n) is 10.1. The van der Waals surface area contributed by atoms with Gasteiger partial charge in [0.1, 0.15) is 0 Å². The maximum atomic E-state index is 12.9. The lowest BCUT2D eigenvalue weighted by molar-refractivity contribution is -0.134. The molecular formula is C22H28N4OS. The quantitative estimate of drug-likeness (QED) is 0.603. The number of rotatable bonds is 3. The second kappa shape index (κ2) is 7.39. The minimum atomic E-state index is 0.200. The second-order valence-corrected chi connectivity index (χ2v) is 9.14. The molecule has 1 amide bonds. The summed E-state index contributed by atoms with van der Waals surface area (Å²) in [6.07, 6.45) is 3.39. The van der Waals surface area contributed by atoms with E-state index in [2.05, 4.69) is 72.3 Å². The molecule has 28 heavy (non-hydrogen) atoms. The molecule has 1 aliphatic rings. The highest BCUT2D eigenvalue weighted by Crippen LogP contribution is 2.29. The molecule has 0 aliphatic carbocycles. The summed E-state index contributed by atoms with van der Waals surface area (Å²) in [5.41, 5.74) is 5.54. The molecule has 4 rings (SSSR count). The Morgan fingerprint density at radius 2 is 1.79 bits per heavy atom. The van der Waals surface area contributed by atoms with Crippen molar-refractivity contribution in [2.75, 3.05) is 5.75 Å². The van der Waals surface area contributed by atoms with Crippen LogP contribution in [-0.2, 0) is 4.79 Å². The van der Waals surface area contributed by atoms with Gasteiger partial charge in [-0.3, -0.25) is 9.20 Å². The Labute approximate surface area is 170 Å². The number of carbonyl (C=O) groups is 1. The average Bonchev–Trinajstić information content (AvgIpc) is 3.06. The van der Waals surface area contributed by atoms with Crippen molar-refractivity contribution in [3.8, 4) is 0 Å². The molecule has 1 aromatic carbocycles. The summed E-state index contributed by atoms with van der Waals surface area (Å²) < 4.78 is 2.12. The van der Waals surface area contributed by atoms with Crippen LogP contribution in [-0.4, -0.2) is 43.2 Å². The number of hydrogen-bond donors (Lipinski definition) is 0. The zero-order valence-corrected chi connectivity index (χ0v) is 18.1. The Bertz CT molecular complexity index is 1050.